The van der Waals surface area contributed by atoms with E-state index in [1.54, 1.807) is 0 Å². The monoisotopic (exact) mass is 428 g/mol. The molecule has 0 N–H and O–H groups in total. The van der Waals surface area contributed by atoms with Gasteiger partial charge < -0.3 is 18.9 Å². The largest absolute Gasteiger partial charge is 0.346 e. The Bertz CT molecular complexity index is 941. The van der Waals surface area contributed by atoms with Gasteiger partial charge in [-0.2, -0.15) is 0 Å². The standard InChI is InChI=1S/C26H36O5/c1-13-11-25-14(2)9-17-18(22(17,3)4)16(19(25)27)10-15-12-28-23(5,6)30-21(15)26(25)20(13)29-24(7,8)31-26/h10-11,14,16-18,20-21H,9,12H2,1-8H3/t14-,16-,17-,18+,20+,21-,25+,26-/m0/s1. The molecule has 6 aliphatic rings. The van der Waals surface area contributed by atoms with Crippen molar-refractivity contribution in [1.29, 1.82) is 0 Å². The van der Waals surface area contributed by atoms with Crippen LogP contribution in [0.2, 0.25) is 0 Å². The maximum Gasteiger partial charge on any atom is 0.164 e. The molecule has 2 saturated carbocycles. The van der Waals surface area contributed by atoms with Crippen molar-refractivity contribution in [3.8, 4) is 0 Å². The number of ketones is 1. The lowest BCUT2D eigenvalue weighted by Gasteiger charge is -2.53. The Morgan fingerprint density at radius 3 is 2.39 bits per heavy atom. The van der Waals surface area contributed by atoms with Gasteiger partial charge in [0, 0.05) is 5.92 Å². The molecule has 5 nitrogen and oxygen atoms in total. The van der Waals surface area contributed by atoms with Crippen LogP contribution in [-0.2, 0) is 23.7 Å². The maximum absolute atomic E-state index is 14.7. The highest BCUT2D eigenvalue weighted by atomic mass is 16.8. The highest BCUT2D eigenvalue weighted by Crippen LogP contribution is 2.73. The predicted octanol–water partition coefficient (Wildman–Crippen LogP) is 4.41. The molecule has 0 aromatic rings. The number of allylic oxidation sites excluding steroid dienone is 1. The van der Waals surface area contributed by atoms with Crippen LogP contribution in [0.5, 0.6) is 0 Å². The van der Waals surface area contributed by atoms with E-state index in [2.05, 4.69) is 39.8 Å². The van der Waals surface area contributed by atoms with Crippen LogP contribution in [-0.4, -0.2) is 41.8 Å². The minimum atomic E-state index is -0.903. The SMILES string of the molecule is CC1=C[C@@]23C(=O)[C@@H](C=C4COC(C)(C)O[C@@H]4[C@]24OC(C)(C)O[C@H]14)[C@@H]1[C@H](C[C@@H]3C)C1(C)C. The summed E-state index contributed by atoms with van der Waals surface area (Å²) in [6.45, 7) is 17.3. The predicted molar refractivity (Wildman–Crippen MR) is 115 cm³/mol. The van der Waals surface area contributed by atoms with Gasteiger partial charge in [-0.1, -0.05) is 32.9 Å². The van der Waals surface area contributed by atoms with E-state index >= 15 is 0 Å². The van der Waals surface area contributed by atoms with E-state index in [0.717, 1.165) is 17.6 Å². The van der Waals surface area contributed by atoms with Gasteiger partial charge in [-0.05, 0) is 75.4 Å². The number of fused-ring (bicyclic) bond motifs is 4. The van der Waals surface area contributed by atoms with Crippen molar-refractivity contribution in [2.75, 3.05) is 6.61 Å². The number of Topliss-reactive ketones (excluding diaryl/α,β-unsaturated/α-hetero) is 1. The Labute approximate surface area is 185 Å². The van der Waals surface area contributed by atoms with Gasteiger partial charge in [0.25, 0.3) is 0 Å². The van der Waals surface area contributed by atoms with Crippen LogP contribution in [0.3, 0.4) is 0 Å². The molecule has 0 radical (unpaired) electrons. The molecule has 0 aromatic carbocycles. The number of hydrogen-bond acceptors (Lipinski definition) is 5. The summed E-state index contributed by atoms with van der Waals surface area (Å²) >= 11 is 0. The summed E-state index contributed by atoms with van der Waals surface area (Å²) in [4.78, 5) is 14.7. The average molecular weight is 429 g/mol. The molecule has 6 rings (SSSR count). The Hall–Kier alpha value is -1.01. The summed E-state index contributed by atoms with van der Waals surface area (Å²) < 4.78 is 26.2. The fraction of sp³-hybridized carbons (Fsp3) is 0.808. The molecule has 170 valence electrons. The van der Waals surface area contributed by atoms with Crippen molar-refractivity contribution in [2.45, 2.75) is 91.2 Å². The molecule has 4 fully saturated rings. The van der Waals surface area contributed by atoms with Crippen LogP contribution >= 0.6 is 0 Å². The van der Waals surface area contributed by atoms with Gasteiger partial charge in [-0.15, -0.1) is 0 Å². The Morgan fingerprint density at radius 1 is 1.00 bits per heavy atom. The van der Waals surface area contributed by atoms with Crippen molar-refractivity contribution in [3.63, 3.8) is 0 Å². The van der Waals surface area contributed by atoms with E-state index in [0.29, 0.717) is 24.2 Å². The third-order valence-electron chi connectivity index (χ3n) is 9.45. The number of carbonyl (C=O) groups is 1. The number of hydrogen-bond donors (Lipinski definition) is 0. The van der Waals surface area contributed by atoms with Gasteiger partial charge in [0.15, 0.2) is 17.4 Å². The molecule has 2 saturated heterocycles. The molecular formula is C26H36O5. The first-order chi connectivity index (χ1) is 14.3. The Balaban J connectivity index is 1.64. The van der Waals surface area contributed by atoms with E-state index in [9.17, 15) is 4.79 Å². The summed E-state index contributed by atoms with van der Waals surface area (Å²) in [6.07, 6.45) is 4.76. The van der Waals surface area contributed by atoms with Gasteiger partial charge in [0.2, 0.25) is 0 Å². The fourth-order valence-electron chi connectivity index (χ4n) is 8.17. The molecule has 0 aromatic heterocycles. The second kappa shape index (κ2) is 5.55. The minimum Gasteiger partial charge on any atom is -0.346 e. The van der Waals surface area contributed by atoms with Crippen LogP contribution in [0.25, 0.3) is 0 Å². The third kappa shape index (κ3) is 2.24. The summed E-state index contributed by atoms with van der Waals surface area (Å²) in [5, 5.41) is 0. The Kier molecular flexibility index (Phi) is 3.68. The zero-order chi connectivity index (χ0) is 22.4. The second-order valence-electron chi connectivity index (χ2n) is 12.5. The summed E-state index contributed by atoms with van der Waals surface area (Å²) in [6, 6.07) is 0. The van der Waals surface area contributed by atoms with Crippen molar-refractivity contribution >= 4 is 5.78 Å². The molecule has 5 heteroatoms. The first-order valence-electron chi connectivity index (χ1n) is 11.9. The third-order valence-corrected chi connectivity index (χ3v) is 9.45. The highest BCUT2D eigenvalue weighted by molar-refractivity contribution is 5.95. The van der Waals surface area contributed by atoms with E-state index in [4.69, 9.17) is 18.9 Å². The molecule has 2 bridgehead atoms. The van der Waals surface area contributed by atoms with Gasteiger partial charge in [-0.25, -0.2) is 0 Å². The lowest BCUT2D eigenvalue weighted by atomic mass is 9.58. The zero-order valence-corrected chi connectivity index (χ0v) is 20.1. The fourth-order valence-corrected chi connectivity index (χ4v) is 8.17. The molecule has 0 unspecified atom stereocenters. The first-order valence-corrected chi connectivity index (χ1v) is 11.9. The number of carbonyl (C=O) groups excluding carboxylic acids is 1. The highest BCUT2D eigenvalue weighted by Gasteiger charge is 2.80. The van der Waals surface area contributed by atoms with Gasteiger partial charge in [-0.3, -0.25) is 4.79 Å². The van der Waals surface area contributed by atoms with Gasteiger partial charge in [0.1, 0.15) is 17.8 Å². The van der Waals surface area contributed by atoms with Crippen molar-refractivity contribution in [1.82, 2.24) is 0 Å². The van der Waals surface area contributed by atoms with E-state index in [-0.39, 0.29) is 29.5 Å². The van der Waals surface area contributed by atoms with Crippen LogP contribution in [0.15, 0.2) is 23.3 Å². The maximum atomic E-state index is 14.7. The lowest BCUT2D eigenvalue weighted by Crippen LogP contribution is -2.67. The summed E-state index contributed by atoms with van der Waals surface area (Å²) in [5.74, 6) is -0.335. The topological polar surface area (TPSA) is 54.0 Å². The normalized spacial score (nSPS) is 52.6. The molecular weight excluding hydrogens is 392 g/mol. The number of ether oxygens (including phenoxy) is 4. The zero-order valence-electron chi connectivity index (χ0n) is 20.1. The van der Waals surface area contributed by atoms with Crippen LogP contribution in [0.4, 0.5) is 0 Å². The van der Waals surface area contributed by atoms with Crippen molar-refractivity contribution < 1.29 is 23.7 Å². The van der Waals surface area contributed by atoms with Gasteiger partial charge in [0.05, 0.1) is 12.0 Å². The van der Waals surface area contributed by atoms with Crippen LogP contribution in [0.1, 0.15) is 61.8 Å². The van der Waals surface area contributed by atoms with Gasteiger partial charge >= 0.3 is 0 Å². The molecule has 2 aliphatic heterocycles. The quantitative estimate of drug-likeness (QED) is 0.535. The molecule has 4 aliphatic carbocycles. The lowest BCUT2D eigenvalue weighted by molar-refractivity contribution is -0.304. The van der Waals surface area contributed by atoms with Crippen molar-refractivity contribution in [3.05, 3.63) is 23.3 Å². The van der Waals surface area contributed by atoms with Crippen molar-refractivity contribution in [2.24, 2.45) is 34.5 Å². The summed E-state index contributed by atoms with van der Waals surface area (Å²) in [5.41, 5.74) is 0.650. The Morgan fingerprint density at radius 2 is 1.68 bits per heavy atom. The minimum absolute atomic E-state index is 0.134. The molecule has 0 amide bonds. The molecule has 31 heavy (non-hydrogen) atoms. The molecule has 8 atom stereocenters. The average Bonchev–Trinajstić information content (AvgIpc) is 2.97. The van der Waals surface area contributed by atoms with E-state index in [1.807, 2.05) is 27.7 Å². The number of rotatable bonds is 0. The molecule has 2 heterocycles. The summed E-state index contributed by atoms with van der Waals surface area (Å²) in [7, 11) is 0. The smallest absolute Gasteiger partial charge is 0.164 e. The first kappa shape index (κ1) is 20.6. The van der Waals surface area contributed by atoms with Crippen LogP contribution in [0, 0.1) is 34.5 Å². The van der Waals surface area contributed by atoms with E-state index in [1.165, 1.54) is 0 Å². The molecule has 2 spiro atoms. The second-order valence-corrected chi connectivity index (χ2v) is 12.5. The van der Waals surface area contributed by atoms with Crippen LogP contribution < -0.4 is 0 Å². The van der Waals surface area contributed by atoms with E-state index < -0.39 is 22.6 Å².